The van der Waals surface area contributed by atoms with Crippen LogP contribution in [0.15, 0.2) is 24.3 Å². The van der Waals surface area contributed by atoms with Gasteiger partial charge in [-0.05, 0) is 12.1 Å². The summed E-state index contributed by atoms with van der Waals surface area (Å²) < 4.78 is 10.1. The summed E-state index contributed by atoms with van der Waals surface area (Å²) in [5.74, 6) is -0.0836. The number of aromatic amines is 1. The van der Waals surface area contributed by atoms with E-state index in [2.05, 4.69) is 4.98 Å². The van der Waals surface area contributed by atoms with E-state index in [0.717, 1.165) is 10.9 Å². The van der Waals surface area contributed by atoms with Crippen LogP contribution in [0.5, 0.6) is 0 Å². The van der Waals surface area contributed by atoms with Gasteiger partial charge in [0.2, 0.25) is 0 Å². The molecular weight excluding hydrogens is 270 g/mol. The topological polar surface area (TPSA) is 80.6 Å². The predicted molar refractivity (Wildman–Crippen MR) is 82.4 cm³/mol. The van der Waals surface area contributed by atoms with Crippen LogP contribution in [0.4, 0.5) is 5.69 Å². The van der Waals surface area contributed by atoms with E-state index >= 15 is 0 Å². The third-order valence-corrected chi connectivity index (χ3v) is 3.34. The molecule has 0 saturated heterocycles. The monoisotopic (exact) mass is 291 g/mol. The lowest BCUT2D eigenvalue weighted by atomic mass is 10.2. The predicted octanol–water partition coefficient (Wildman–Crippen LogP) is 1.49. The van der Waals surface area contributed by atoms with Crippen molar-refractivity contribution >= 4 is 22.5 Å². The molecule has 0 aliphatic carbocycles. The number of rotatable bonds is 7. The molecule has 21 heavy (non-hydrogen) atoms. The molecule has 0 bridgehead atoms. The van der Waals surface area contributed by atoms with Crippen molar-refractivity contribution in [3.63, 3.8) is 0 Å². The summed E-state index contributed by atoms with van der Waals surface area (Å²) in [4.78, 5) is 17.4. The average molecular weight is 291 g/mol. The summed E-state index contributed by atoms with van der Waals surface area (Å²) in [7, 11) is 3.23. The minimum atomic E-state index is -0.0836. The van der Waals surface area contributed by atoms with Gasteiger partial charge in [0.05, 0.1) is 24.4 Å². The third kappa shape index (κ3) is 3.53. The van der Waals surface area contributed by atoms with Crippen LogP contribution >= 0.6 is 0 Å². The van der Waals surface area contributed by atoms with Crippen molar-refractivity contribution in [2.75, 3.05) is 46.3 Å². The van der Waals surface area contributed by atoms with E-state index in [1.54, 1.807) is 25.2 Å². The van der Waals surface area contributed by atoms with E-state index in [0.29, 0.717) is 37.7 Å². The van der Waals surface area contributed by atoms with Crippen LogP contribution in [-0.2, 0) is 9.47 Å². The Hall–Kier alpha value is -2.05. The van der Waals surface area contributed by atoms with Crippen molar-refractivity contribution in [3.05, 3.63) is 30.0 Å². The van der Waals surface area contributed by atoms with Crippen molar-refractivity contribution in [1.82, 2.24) is 9.88 Å². The molecule has 3 N–H and O–H groups in total. The Morgan fingerprint density at radius 3 is 2.48 bits per heavy atom. The van der Waals surface area contributed by atoms with Crippen LogP contribution in [0.25, 0.3) is 10.9 Å². The summed E-state index contributed by atoms with van der Waals surface area (Å²) in [5.41, 5.74) is 7.86. The van der Waals surface area contributed by atoms with Gasteiger partial charge in [0, 0.05) is 32.7 Å². The molecule has 0 aliphatic rings. The molecule has 0 unspecified atom stereocenters. The Kier molecular flexibility index (Phi) is 5.19. The third-order valence-electron chi connectivity index (χ3n) is 3.34. The highest BCUT2D eigenvalue weighted by Crippen LogP contribution is 2.21. The number of nitrogens with one attached hydrogen (secondary N) is 1. The van der Waals surface area contributed by atoms with Crippen LogP contribution in [0.1, 0.15) is 10.5 Å². The number of nitrogen functional groups attached to an aromatic ring is 1. The Morgan fingerprint density at radius 2 is 1.90 bits per heavy atom. The second-order valence-corrected chi connectivity index (χ2v) is 4.77. The molecule has 6 heteroatoms. The zero-order chi connectivity index (χ0) is 15.2. The lowest BCUT2D eigenvalue weighted by Gasteiger charge is -2.21. The molecule has 1 heterocycles. The highest BCUT2D eigenvalue weighted by Gasteiger charge is 2.18. The summed E-state index contributed by atoms with van der Waals surface area (Å²) >= 11 is 0. The van der Waals surface area contributed by atoms with Crippen molar-refractivity contribution in [2.45, 2.75) is 0 Å². The minimum absolute atomic E-state index is 0.0836. The summed E-state index contributed by atoms with van der Waals surface area (Å²) in [5, 5.41) is 0.928. The van der Waals surface area contributed by atoms with Gasteiger partial charge < -0.3 is 25.1 Å². The molecule has 2 aromatic rings. The van der Waals surface area contributed by atoms with Gasteiger partial charge in [-0.15, -0.1) is 0 Å². The Bertz CT molecular complexity index is 601. The maximum atomic E-state index is 12.6. The first-order valence-corrected chi connectivity index (χ1v) is 6.81. The lowest BCUT2D eigenvalue weighted by Crippen LogP contribution is -2.36. The molecule has 0 atom stereocenters. The molecule has 0 radical (unpaired) electrons. The van der Waals surface area contributed by atoms with Crippen LogP contribution in [0.3, 0.4) is 0 Å². The van der Waals surface area contributed by atoms with E-state index in [-0.39, 0.29) is 5.91 Å². The van der Waals surface area contributed by atoms with Gasteiger partial charge in [-0.3, -0.25) is 4.79 Å². The molecule has 0 saturated carbocycles. The van der Waals surface area contributed by atoms with Gasteiger partial charge in [-0.1, -0.05) is 12.1 Å². The number of fused-ring (bicyclic) bond motifs is 1. The normalized spacial score (nSPS) is 11.0. The first-order valence-electron chi connectivity index (χ1n) is 6.81. The fourth-order valence-corrected chi connectivity index (χ4v) is 2.18. The number of ether oxygens (including phenoxy) is 2. The fourth-order valence-electron chi connectivity index (χ4n) is 2.18. The number of aromatic nitrogens is 1. The number of hydrogen-bond acceptors (Lipinski definition) is 4. The van der Waals surface area contributed by atoms with Crippen LogP contribution in [-0.4, -0.2) is 56.3 Å². The maximum Gasteiger partial charge on any atom is 0.270 e. The van der Waals surface area contributed by atoms with E-state index in [4.69, 9.17) is 15.2 Å². The zero-order valence-electron chi connectivity index (χ0n) is 12.4. The van der Waals surface area contributed by atoms with E-state index in [1.165, 1.54) is 0 Å². The highest BCUT2D eigenvalue weighted by atomic mass is 16.5. The number of nitrogens with two attached hydrogens (primary N) is 1. The van der Waals surface area contributed by atoms with E-state index < -0.39 is 0 Å². The number of hydrogen-bond donors (Lipinski definition) is 2. The summed E-state index contributed by atoms with van der Waals surface area (Å²) in [6.45, 7) is 2.00. The number of anilines is 1. The van der Waals surface area contributed by atoms with Gasteiger partial charge in [0.1, 0.15) is 5.69 Å². The molecule has 6 nitrogen and oxygen atoms in total. The number of H-pyrrole nitrogens is 1. The molecule has 0 spiro atoms. The quantitative estimate of drug-likeness (QED) is 0.757. The van der Waals surface area contributed by atoms with Crippen molar-refractivity contribution < 1.29 is 14.3 Å². The molecule has 1 aromatic carbocycles. The number of carbonyl (C=O) groups excluding carboxylic acids is 1. The van der Waals surface area contributed by atoms with E-state index in [1.807, 2.05) is 18.2 Å². The van der Waals surface area contributed by atoms with Crippen molar-refractivity contribution in [3.8, 4) is 0 Å². The Labute approximate surface area is 123 Å². The molecule has 2 rings (SSSR count). The number of amides is 1. The molecular formula is C15H21N3O3. The smallest absolute Gasteiger partial charge is 0.270 e. The standard InChI is InChI=1S/C15H21N3O3/c1-20-8-6-18(7-9-21-2)15(19)13-10-11-4-3-5-12(16)14(11)17-13/h3-5,10,17H,6-9,16H2,1-2H3. The van der Waals surface area contributed by atoms with Gasteiger partial charge in [-0.25, -0.2) is 0 Å². The van der Waals surface area contributed by atoms with Crippen LogP contribution in [0.2, 0.25) is 0 Å². The van der Waals surface area contributed by atoms with Crippen molar-refractivity contribution in [1.29, 1.82) is 0 Å². The largest absolute Gasteiger partial charge is 0.397 e. The van der Waals surface area contributed by atoms with E-state index in [9.17, 15) is 4.79 Å². The number of carbonyl (C=O) groups is 1. The molecule has 0 aliphatic heterocycles. The first-order chi connectivity index (χ1) is 10.2. The van der Waals surface area contributed by atoms with Gasteiger partial charge in [-0.2, -0.15) is 0 Å². The number of nitrogens with zero attached hydrogens (tertiary/aromatic N) is 1. The van der Waals surface area contributed by atoms with Crippen molar-refractivity contribution in [2.24, 2.45) is 0 Å². The maximum absolute atomic E-state index is 12.6. The molecule has 114 valence electrons. The number of methoxy groups -OCH3 is 2. The SMILES string of the molecule is COCCN(CCOC)C(=O)c1cc2cccc(N)c2[nH]1. The first kappa shape index (κ1) is 15.3. The zero-order valence-corrected chi connectivity index (χ0v) is 12.4. The summed E-state index contributed by atoms with van der Waals surface area (Å²) in [6, 6.07) is 7.42. The molecule has 1 aromatic heterocycles. The average Bonchev–Trinajstić information content (AvgIpc) is 2.92. The van der Waals surface area contributed by atoms with Gasteiger partial charge in [0.15, 0.2) is 0 Å². The van der Waals surface area contributed by atoms with Gasteiger partial charge in [0.25, 0.3) is 5.91 Å². The van der Waals surface area contributed by atoms with Crippen LogP contribution in [0, 0.1) is 0 Å². The second kappa shape index (κ2) is 7.10. The fraction of sp³-hybridized carbons (Fsp3) is 0.400. The number of benzene rings is 1. The van der Waals surface area contributed by atoms with Crippen LogP contribution < -0.4 is 5.73 Å². The molecule has 1 amide bonds. The minimum Gasteiger partial charge on any atom is -0.397 e. The number of para-hydroxylation sites is 1. The van der Waals surface area contributed by atoms with Gasteiger partial charge >= 0.3 is 0 Å². The summed E-state index contributed by atoms with van der Waals surface area (Å²) in [6.07, 6.45) is 0. The highest BCUT2D eigenvalue weighted by molar-refractivity contribution is 6.00. The Morgan fingerprint density at radius 1 is 1.24 bits per heavy atom. The molecule has 0 fully saturated rings. The lowest BCUT2D eigenvalue weighted by molar-refractivity contribution is 0.0623. The Balaban J connectivity index is 2.22. The second-order valence-electron chi connectivity index (χ2n) is 4.77.